The third kappa shape index (κ3) is 6.42. The predicted octanol–water partition coefficient (Wildman–Crippen LogP) is 3.40. The molecule has 10 nitrogen and oxygen atoms in total. The third-order valence-corrected chi connectivity index (χ3v) is 4.28. The summed E-state index contributed by atoms with van der Waals surface area (Å²) in [6.07, 6.45) is 2.20. The molecule has 0 aliphatic rings. The molecule has 1 heterocycles. The molecule has 0 saturated carbocycles. The summed E-state index contributed by atoms with van der Waals surface area (Å²) in [5.41, 5.74) is 3.56. The molecular formula is C18H22N4O6S. The van der Waals surface area contributed by atoms with Crippen molar-refractivity contribution < 1.29 is 23.9 Å². The first-order valence-corrected chi connectivity index (χ1v) is 9.74. The monoisotopic (exact) mass is 422 g/mol. The summed E-state index contributed by atoms with van der Waals surface area (Å²) in [6.45, 7) is 4.37. The molecule has 1 aromatic heterocycles. The van der Waals surface area contributed by atoms with Gasteiger partial charge in [0, 0.05) is 17.0 Å². The van der Waals surface area contributed by atoms with E-state index in [1.54, 1.807) is 18.4 Å². The number of nitro groups is 1. The van der Waals surface area contributed by atoms with E-state index in [1.807, 2.05) is 6.92 Å². The number of nitro benzene ring substituents is 1. The van der Waals surface area contributed by atoms with E-state index in [1.165, 1.54) is 30.7 Å². The molecule has 0 unspecified atom stereocenters. The average molecular weight is 422 g/mol. The second-order valence-corrected chi connectivity index (χ2v) is 6.53. The molecule has 2 aromatic rings. The zero-order chi connectivity index (χ0) is 21.2. The minimum atomic E-state index is -0.516. The number of aromatic nitrogens is 1. The number of thiazole rings is 1. The zero-order valence-electron chi connectivity index (χ0n) is 16.3. The van der Waals surface area contributed by atoms with E-state index >= 15 is 0 Å². The number of methoxy groups -OCH3 is 1. The van der Waals surface area contributed by atoms with Gasteiger partial charge in [-0.3, -0.25) is 20.3 Å². The molecule has 0 aliphatic carbocycles. The fourth-order valence-corrected chi connectivity index (χ4v) is 2.91. The highest BCUT2D eigenvalue weighted by atomic mass is 32.1. The van der Waals surface area contributed by atoms with Gasteiger partial charge in [0.05, 0.1) is 43.6 Å². The number of nitrogens with zero attached hydrogens (tertiary/aromatic N) is 3. The van der Waals surface area contributed by atoms with Gasteiger partial charge in [-0.15, -0.1) is 11.3 Å². The van der Waals surface area contributed by atoms with Crippen LogP contribution >= 0.6 is 11.3 Å². The Morgan fingerprint density at radius 1 is 1.38 bits per heavy atom. The maximum atomic E-state index is 11.5. The van der Waals surface area contributed by atoms with Crippen LogP contribution in [0.15, 0.2) is 22.6 Å². The topological polar surface area (TPSA) is 125 Å². The molecule has 0 bridgehead atoms. The van der Waals surface area contributed by atoms with Crippen LogP contribution in [0.4, 0.5) is 10.8 Å². The van der Waals surface area contributed by atoms with Gasteiger partial charge in [-0.1, -0.05) is 6.92 Å². The van der Waals surface area contributed by atoms with E-state index in [9.17, 15) is 14.9 Å². The number of benzene rings is 1. The summed E-state index contributed by atoms with van der Waals surface area (Å²) in [6, 6.07) is 2.99. The van der Waals surface area contributed by atoms with E-state index in [0.717, 1.165) is 0 Å². The Bertz CT molecular complexity index is 883. The van der Waals surface area contributed by atoms with Crippen LogP contribution in [0.1, 0.15) is 31.5 Å². The van der Waals surface area contributed by atoms with Crippen LogP contribution in [0.5, 0.6) is 11.5 Å². The molecule has 2 rings (SSSR count). The Balaban J connectivity index is 2.18. The van der Waals surface area contributed by atoms with E-state index in [-0.39, 0.29) is 29.6 Å². The lowest BCUT2D eigenvalue weighted by atomic mass is 10.2. The number of esters is 1. The van der Waals surface area contributed by atoms with Crippen molar-refractivity contribution in [3.63, 3.8) is 0 Å². The normalized spacial score (nSPS) is 10.7. The predicted molar refractivity (Wildman–Crippen MR) is 109 cm³/mol. The van der Waals surface area contributed by atoms with Crippen LogP contribution in [0.25, 0.3) is 0 Å². The van der Waals surface area contributed by atoms with Crippen LogP contribution in [0.3, 0.4) is 0 Å². The summed E-state index contributed by atoms with van der Waals surface area (Å²) >= 11 is 1.27. The summed E-state index contributed by atoms with van der Waals surface area (Å²) in [4.78, 5) is 26.4. The van der Waals surface area contributed by atoms with Crippen LogP contribution in [0, 0.1) is 10.1 Å². The van der Waals surface area contributed by atoms with Crippen LogP contribution in [0.2, 0.25) is 0 Å². The lowest BCUT2D eigenvalue weighted by molar-refractivity contribution is -0.386. The minimum absolute atomic E-state index is 0.0710. The van der Waals surface area contributed by atoms with Crippen molar-refractivity contribution in [1.82, 2.24) is 4.98 Å². The Morgan fingerprint density at radius 3 is 2.83 bits per heavy atom. The molecule has 11 heteroatoms. The number of nitrogens with one attached hydrogen (secondary N) is 1. The van der Waals surface area contributed by atoms with Gasteiger partial charge >= 0.3 is 11.7 Å². The molecular weight excluding hydrogens is 400 g/mol. The van der Waals surface area contributed by atoms with Crippen molar-refractivity contribution in [3.05, 3.63) is 38.9 Å². The Morgan fingerprint density at radius 2 is 2.17 bits per heavy atom. The fraction of sp³-hybridized carbons (Fsp3) is 0.389. The lowest BCUT2D eigenvalue weighted by Crippen LogP contribution is -2.05. The molecule has 156 valence electrons. The summed E-state index contributed by atoms with van der Waals surface area (Å²) in [7, 11) is 1.31. The molecule has 0 spiro atoms. The zero-order valence-corrected chi connectivity index (χ0v) is 17.2. The van der Waals surface area contributed by atoms with Gasteiger partial charge in [0.25, 0.3) is 0 Å². The largest absolute Gasteiger partial charge is 0.490 e. The van der Waals surface area contributed by atoms with Crippen molar-refractivity contribution in [3.8, 4) is 11.5 Å². The molecule has 0 amide bonds. The number of carbonyl (C=O) groups is 1. The van der Waals surface area contributed by atoms with E-state index in [4.69, 9.17) is 9.47 Å². The van der Waals surface area contributed by atoms with Crippen molar-refractivity contribution in [2.45, 2.75) is 26.7 Å². The maximum absolute atomic E-state index is 11.5. The average Bonchev–Trinajstić information content (AvgIpc) is 3.14. The number of hydrazone groups is 1. The van der Waals surface area contributed by atoms with Crippen molar-refractivity contribution in [1.29, 1.82) is 0 Å². The molecule has 0 saturated heterocycles. The second kappa shape index (κ2) is 11.0. The number of carbonyl (C=O) groups excluding carboxylic acids is 1. The van der Waals surface area contributed by atoms with Gasteiger partial charge in [-0.2, -0.15) is 5.10 Å². The van der Waals surface area contributed by atoms with Gasteiger partial charge < -0.3 is 14.2 Å². The molecule has 0 atom stereocenters. The van der Waals surface area contributed by atoms with Gasteiger partial charge in [0.2, 0.25) is 10.9 Å². The first-order valence-electron chi connectivity index (χ1n) is 8.86. The summed E-state index contributed by atoms with van der Waals surface area (Å²) < 4.78 is 15.6. The second-order valence-electron chi connectivity index (χ2n) is 5.67. The van der Waals surface area contributed by atoms with Crippen LogP contribution in [-0.2, 0) is 16.0 Å². The molecule has 1 N–H and O–H groups in total. The summed E-state index contributed by atoms with van der Waals surface area (Å²) in [5.74, 6) is 0.00823. The number of anilines is 1. The first kappa shape index (κ1) is 22.1. The quantitative estimate of drug-likeness (QED) is 0.253. The van der Waals surface area contributed by atoms with Crippen LogP contribution in [-0.4, -0.2) is 42.4 Å². The van der Waals surface area contributed by atoms with Crippen molar-refractivity contribution in [2.75, 3.05) is 25.7 Å². The van der Waals surface area contributed by atoms with E-state index < -0.39 is 4.92 Å². The molecule has 0 fully saturated rings. The highest BCUT2D eigenvalue weighted by Crippen LogP contribution is 2.38. The lowest BCUT2D eigenvalue weighted by Gasteiger charge is -2.12. The van der Waals surface area contributed by atoms with Gasteiger partial charge in [-0.25, -0.2) is 4.98 Å². The third-order valence-electron chi connectivity index (χ3n) is 3.48. The van der Waals surface area contributed by atoms with E-state index in [2.05, 4.69) is 20.2 Å². The van der Waals surface area contributed by atoms with Crippen molar-refractivity contribution >= 4 is 34.3 Å². The number of rotatable bonds is 11. The molecule has 1 aromatic carbocycles. The smallest absolute Gasteiger partial charge is 0.315 e. The number of ether oxygens (including phenoxy) is 3. The first-order chi connectivity index (χ1) is 14.0. The standard InChI is InChI=1S/C18H22N4O6S/c1-4-6-28-17-14(22(24)25)7-12(8-15(17)27-5-2)10-19-21-18-20-13(11-29-18)9-16(23)26-3/h7-8,10-11H,4-6,9H2,1-3H3,(H,20,21)/b19-10-. The highest BCUT2D eigenvalue weighted by molar-refractivity contribution is 7.13. The maximum Gasteiger partial charge on any atom is 0.315 e. The van der Waals surface area contributed by atoms with Crippen molar-refractivity contribution in [2.24, 2.45) is 5.10 Å². The SMILES string of the molecule is CCCOc1c(OCC)cc(/C=N\Nc2nc(CC(=O)OC)cs2)cc1[N+](=O)[O-]. The van der Waals surface area contributed by atoms with Gasteiger partial charge in [-0.05, 0) is 19.4 Å². The molecule has 29 heavy (non-hydrogen) atoms. The fourth-order valence-electron chi connectivity index (χ4n) is 2.25. The van der Waals surface area contributed by atoms with Gasteiger partial charge in [0.15, 0.2) is 5.75 Å². The minimum Gasteiger partial charge on any atom is -0.490 e. The Hall–Kier alpha value is -3.21. The summed E-state index contributed by atoms with van der Waals surface area (Å²) in [5, 5.41) is 17.7. The van der Waals surface area contributed by atoms with E-state index in [0.29, 0.717) is 36.0 Å². The highest BCUT2D eigenvalue weighted by Gasteiger charge is 2.22. The Kier molecular flexibility index (Phi) is 8.34. The molecule has 0 aliphatic heterocycles. The molecule has 0 radical (unpaired) electrons. The van der Waals surface area contributed by atoms with Crippen LogP contribution < -0.4 is 14.9 Å². The number of hydrogen-bond donors (Lipinski definition) is 1. The van der Waals surface area contributed by atoms with Gasteiger partial charge in [0.1, 0.15) is 0 Å². The Labute approximate surface area is 171 Å². The number of hydrogen-bond acceptors (Lipinski definition) is 10.